The van der Waals surface area contributed by atoms with Crippen LogP contribution in [0, 0.1) is 6.92 Å². The number of hydrogen-bond donors (Lipinski definition) is 1. The van der Waals surface area contributed by atoms with Gasteiger partial charge in [-0.1, -0.05) is 12.1 Å². The number of anilines is 1. The zero-order valence-electron chi connectivity index (χ0n) is 11.4. The second-order valence-corrected chi connectivity index (χ2v) is 4.61. The molecule has 0 aliphatic heterocycles. The van der Waals surface area contributed by atoms with Gasteiger partial charge in [0, 0.05) is 22.7 Å². The number of nitrogen functional groups attached to an aromatic ring is 1. The third-order valence-corrected chi connectivity index (χ3v) is 3.34. The summed E-state index contributed by atoms with van der Waals surface area (Å²) in [6, 6.07) is 11.6. The number of pyridine rings is 2. The first kappa shape index (κ1) is 12.4. The van der Waals surface area contributed by atoms with Gasteiger partial charge in [-0.15, -0.1) is 0 Å². The summed E-state index contributed by atoms with van der Waals surface area (Å²) in [6.07, 6.45) is 1.74. The van der Waals surface area contributed by atoms with Gasteiger partial charge < -0.3 is 10.5 Å². The lowest BCUT2D eigenvalue weighted by atomic mass is 10.0. The van der Waals surface area contributed by atoms with Gasteiger partial charge in [-0.25, -0.2) is 9.97 Å². The second-order valence-electron chi connectivity index (χ2n) is 4.61. The lowest BCUT2D eigenvalue weighted by Gasteiger charge is -2.13. The van der Waals surface area contributed by atoms with Crippen LogP contribution in [0.1, 0.15) is 5.56 Å². The summed E-state index contributed by atoms with van der Waals surface area (Å²) in [7, 11) is 1.68. The van der Waals surface area contributed by atoms with Crippen LogP contribution in [0.15, 0.2) is 42.6 Å². The minimum absolute atomic E-state index is 0.499. The fourth-order valence-electron chi connectivity index (χ4n) is 2.37. The van der Waals surface area contributed by atoms with E-state index in [0.29, 0.717) is 5.82 Å². The summed E-state index contributed by atoms with van der Waals surface area (Å²) in [5.74, 6) is 1.35. The standard InChI is InChI=1S/C16H15N3O/c1-10-15(11-7-8-14(17)18-9-11)19-13-6-4-3-5-12(13)16(10)20-2/h3-9H,1-2H3,(H2,17,18). The molecule has 3 rings (SSSR count). The minimum atomic E-state index is 0.499. The van der Waals surface area contributed by atoms with Gasteiger partial charge in [0.25, 0.3) is 0 Å². The topological polar surface area (TPSA) is 61.0 Å². The molecule has 0 bridgehead atoms. The zero-order chi connectivity index (χ0) is 14.1. The highest BCUT2D eigenvalue weighted by atomic mass is 16.5. The molecule has 2 heterocycles. The Morgan fingerprint density at radius 2 is 1.90 bits per heavy atom. The van der Waals surface area contributed by atoms with Gasteiger partial charge >= 0.3 is 0 Å². The number of para-hydroxylation sites is 1. The molecule has 4 nitrogen and oxygen atoms in total. The van der Waals surface area contributed by atoms with Crippen molar-refractivity contribution in [3.05, 3.63) is 48.2 Å². The minimum Gasteiger partial charge on any atom is -0.496 e. The van der Waals surface area contributed by atoms with Gasteiger partial charge in [-0.3, -0.25) is 0 Å². The second kappa shape index (κ2) is 4.81. The first-order valence-electron chi connectivity index (χ1n) is 6.36. The molecule has 0 saturated heterocycles. The van der Waals surface area contributed by atoms with Crippen molar-refractivity contribution in [2.45, 2.75) is 6.92 Å². The van der Waals surface area contributed by atoms with E-state index in [9.17, 15) is 0 Å². The highest BCUT2D eigenvalue weighted by Crippen LogP contribution is 2.34. The summed E-state index contributed by atoms with van der Waals surface area (Å²) in [4.78, 5) is 8.85. The third-order valence-electron chi connectivity index (χ3n) is 3.34. The quantitative estimate of drug-likeness (QED) is 0.773. The first-order valence-corrected chi connectivity index (χ1v) is 6.36. The normalized spacial score (nSPS) is 10.7. The maximum absolute atomic E-state index is 5.63. The van der Waals surface area contributed by atoms with Crippen molar-refractivity contribution in [2.24, 2.45) is 0 Å². The Morgan fingerprint density at radius 3 is 2.60 bits per heavy atom. The van der Waals surface area contributed by atoms with Crippen LogP contribution in [-0.2, 0) is 0 Å². The Balaban J connectivity index is 2.31. The molecule has 3 aromatic rings. The molecule has 0 aliphatic rings. The molecule has 0 amide bonds. The van der Waals surface area contributed by atoms with Crippen LogP contribution in [0.2, 0.25) is 0 Å². The van der Waals surface area contributed by atoms with Crippen molar-refractivity contribution in [1.29, 1.82) is 0 Å². The van der Waals surface area contributed by atoms with Crippen molar-refractivity contribution < 1.29 is 4.74 Å². The molecular weight excluding hydrogens is 250 g/mol. The Hall–Kier alpha value is -2.62. The maximum Gasteiger partial charge on any atom is 0.133 e. The molecule has 0 fully saturated rings. The molecule has 1 aromatic carbocycles. The lowest BCUT2D eigenvalue weighted by molar-refractivity contribution is 0.416. The Morgan fingerprint density at radius 1 is 1.10 bits per heavy atom. The van der Waals surface area contributed by atoms with Gasteiger partial charge in [0.1, 0.15) is 11.6 Å². The molecule has 0 unspecified atom stereocenters. The Bertz CT molecular complexity index is 767. The average molecular weight is 265 g/mol. The molecule has 0 aliphatic carbocycles. The predicted octanol–water partition coefficient (Wildman–Crippen LogP) is 3.20. The lowest BCUT2D eigenvalue weighted by Crippen LogP contribution is -1.97. The number of benzene rings is 1. The van der Waals surface area contributed by atoms with E-state index in [1.54, 1.807) is 19.4 Å². The van der Waals surface area contributed by atoms with Crippen LogP contribution in [0.3, 0.4) is 0 Å². The molecule has 0 radical (unpaired) electrons. The van der Waals surface area contributed by atoms with E-state index in [2.05, 4.69) is 4.98 Å². The highest BCUT2D eigenvalue weighted by Gasteiger charge is 2.13. The van der Waals surface area contributed by atoms with Crippen LogP contribution in [0.5, 0.6) is 5.75 Å². The smallest absolute Gasteiger partial charge is 0.133 e. The van der Waals surface area contributed by atoms with E-state index >= 15 is 0 Å². The average Bonchev–Trinajstić information content (AvgIpc) is 2.48. The highest BCUT2D eigenvalue weighted by molar-refractivity contribution is 5.90. The van der Waals surface area contributed by atoms with Crippen molar-refractivity contribution in [1.82, 2.24) is 9.97 Å². The van der Waals surface area contributed by atoms with Gasteiger partial charge in [0.05, 0.1) is 18.3 Å². The Labute approximate surface area is 117 Å². The zero-order valence-corrected chi connectivity index (χ0v) is 11.4. The Kier molecular flexibility index (Phi) is 2.99. The summed E-state index contributed by atoms with van der Waals surface area (Å²) in [6.45, 7) is 2.00. The number of rotatable bonds is 2. The molecule has 0 spiro atoms. The van der Waals surface area contributed by atoms with Gasteiger partial charge in [0.15, 0.2) is 0 Å². The van der Waals surface area contributed by atoms with E-state index in [4.69, 9.17) is 15.5 Å². The molecule has 4 heteroatoms. The van der Waals surface area contributed by atoms with Crippen molar-refractivity contribution in [2.75, 3.05) is 12.8 Å². The number of hydrogen-bond acceptors (Lipinski definition) is 4. The third kappa shape index (κ3) is 1.95. The van der Waals surface area contributed by atoms with E-state index in [1.165, 1.54) is 0 Å². The first-order chi connectivity index (χ1) is 9.70. The van der Waals surface area contributed by atoms with Crippen LogP contribution >= 0.6 is 0 Å². The number of nitrogens with two attached hydrogens (primary N) is 1. The number of fused-ring (bicyclic) bond motifs is 1. The summed E-state index contributed by atoms with van der Waals surface area (Å²) in [5, 5.41) is 1.01. The fourth-order valence-corrected chi connectivity index (χ4v) is 2.37. The van der Waals surface area contributed by atoms with Crippen molar-refractivity contribution in [3.8, 4) is 17.0 Å². The number of methoxy groups -OCH3 is 1. The van der Waals surface area contributed by atoms with Crippen LogP contribution < -0.4 is 10.5 Å². The van der Waals surface area contributed by atoms with Gasteiger partial charge in [-0.2, -0.15) is 0 Å². The number of ether oxygens (including phenoxy) is 1. The SMILES string of the molecule is COc1c(C)c(-c2ccc(N)nc2)nc2ccccc12. The predicted molar refractivity (Wildman–Crippen MR) is 80.7 cm³/mol. The van der Waals surface area contributed by atoms with Crippen LogP contribution in [0.25, 0.3) is 22.2 Å². The molecule has 100 valence electrons. The summed E-state index contributed by atoms with van der Waals surface area (Å²) in [5.41, 5.74) is 9.34. The van der Waals surface area contributed by atoms with Crippen molar-refractivity contribution in [3.63, 3.8) is 0 Å². The molecule has 2 aromatic heterocycles. The number of nitrogens with zero attached hydrogens (tertiary/aromatic N) is 2. The molecular formula is C16H15N3O. The van der Waals surface area contributed by atoms with Crippen LogP contribution in [0.4, 0.5) is 5.82 Å². The van der Waals surface area contributed by atoms with Gasteiger partial charge in [-0.05, 0) is 31.2 Å². The van der Waals surface area contributed by atoms with E-state index in [1.807, 2.05) is 37.3 Å². The van der Waals surface area contributed by atoms with Gasteiger partial charge in [0.2, 0.25) is 0 Å². The summed E-state index contributed by atoms with van der Waals surface area (Å²) >= 11 is 0. The largest absolute Gasteiger partial charge is 0.496 e. The van der Waals surface area contributed by atoms with E-state index < -0.39 is 0 Å². The van der Waals surface area contributed by atoms with Crippen LogP contribution in [-0.4, -0.2) is 17.1 Å². The molecule has 0 atom stereocenters. The molecule has 2 N–H and O–H groups in total. The maximum atomic E-state index is 5.63. The summed E-state index contributed by atoms with van der Waals surface area (Å²) < 4.78 is 5.56. The molecule has 20 heavy (non-hydrogen) atoms. The van der Waals surface area contributed by atoms with E-state index in [-0.39, 0.29) is 0 Å². The molecule has 0 saturated carbocycles. The van der Waals surface area contributed by atoms with E-state index in [0.717, 1.165) is 33.5 Å². The monoisotopic (exact) mass is 265 g/mol. The fraction of sp³-hybridized carbons (Fsp3) is 0.125. The number of aromatic nitrogens is 2. The van der Waals surface area contributed by atoms with Crippen molar-refractivity contribution >= 4 is 16.7 Å².